The van der Waals surface area contributed by atoms with Gasteiger partial charge in [0.05, 0.1) is 10.4 Å². The summed E-state index contributed by atoms with van der Waals surface area (Å²) in [4.78, 5) is 20.5. The van der Waals surface area contributed by atoms with Crippen LogP contribution in [0, 0.1) is 11.3 Å². The standard InChI is InChI=1S/C21H25N7OS/c1-3-28(4-2)11-5-10-23-21(29)15-6-9-19(24-14-15)25-20-12-17(26-27-20)18-8-7-16(13-22)30-18/h6-9,12,14H,3-5,10-11H2,1-2H3,(H,23,29)(H2,24,25,26,27). The highest BCUT2D eigenvalue weighted by atomic mass is 32.1. The third kappa shape index (κ3) is 5.65. The molecule has 3 heterocycles. The highest BCUT2D eigenvalue weighted by Gasteiger charge is 2.09. The molecule has 0 saturated heterocycles. The smallest absolute Gasteiger partial charge is 0.252 e. The molecule has 0 aliphatic heterocycles. The van der Waals surface area contributed by atoms with Gasteiger partial charge in [-0.3, -0.25) is 9.89 Å². The second-order valence-electron chi connectivity index (χ2n) is 6.64. The molecule has 0 fully saturated rings. The molecule has 3 aromatic heterocycles. The van der Waals surface area contributed by atoms with Gasteiger partial charge in [-0.1, -0.05) is 13.8 Å². The van der Waals surface area contributed by atoms with Gasteiger partial charge in [-0.15, -0.1) is 11.3 Å². The molecule has 3 rings (SSSR count). The average Bonchev–Trinajstić information content (AvgIpc) is 3.43. The molecule has 0 bridgehead atoms. The van der Waals surface area contributed by atoms with Gasteiger partial charge in [-0.05, 0) is 50.3 Å². The number of nitriles is 1. The zero-order valence-corrected chi connectivity index (χ0v) is 17.9. The van der Waals surface area contributed by atoms with Crippen LogP contribution in [-0.2, 0) is 0 Å². The maximum Gasteiger partial charge on any atom is 0.252 e. The zero-order chi connectivity index (χ0) is 21.3. The van der Waals surface area contributed by atoms with Crippen molar-refractivity contribution in [3.05, 3.63) is 47.0 Å². The van der Waals surface area contributed by atoms with Crippen LogP contribution in [0.2, 0.25) is 0 Å². The molecular formula is C21H25N7OS. The van der Waals surface area contributed by atoms with Crippen LogP contribution in [0.1, 0.15) is 35.5 Å². The number of amides is 1. The van der Waals surface area contributed by atoms with Crippen molar-refractivity contribution in [1.29, 1.82) is 5.26 Å². The van der Waals surface area contributed by atoms with E-state index in [9.17, 15) is 4.79 Å². The highest BCUT2D eigenvalue weighted by molar-refractivity contribution is 7.15. The summed E-state index contributed by atoms with van der Waals surface area (Å²) in [7, 11) is 0. The van der Waals surface area contributed by atoms with Crippen LogP contribution in [0.3, 0.4) is 0 Å². The Morgan fingerprint density at radius 1 is 1.27 bits per heavy atom. The minimum atomic E-state index is -0.122. The fourth-order valence-electron chi connectivity index (χ4n) is 2.93. The van der Waals surface area contributed by atoms with Gasteiger partial charge in [-0.25, -0.2) is 4.98 Å². The molecule has 0 unspecified atom stereocenters. The number of H-pyrrole nitrogens is 1. The van der Waals surface area contributed by atoms with Crippen molar-refractivity contribution in [2.45, 2.75) is 20.3 Å². The van der Waals surface area contributed by atoms with Crippen molar-refractivity contribution in [2.24, 2.45) is 0 Å². The number of nitrogens with one attached hydrogen (secondary N) is 3. The number of nitrogens with zero attached hydrogens (tertiary/aromatic N) is 4. The first-order chi connectivity index (χ1) is 14.6. The van der Waals surface area contributed by atoms with Crippen LogP contribution in [0.15, 0.2) is 36.5 Å². The molecular weight excluding hydrogens is 398 g/mol. The van der Waals surface area contributed by atoms with Gasteiger partial charge < -0.3 is 15.5 Å². The molecule has 0 saturated carbocycles. The maximum absolute atomic E-state index is 12.3. The van der Waals surface area contributed by atoms with E-state index in [-0.39, 0.29) is 5.91 Å². The lowest BCUT2D eigenvalue weighted by Crippen LogP contribution is -2.29. The largest absolute Gasteiger partial charge is 0.352 e. The second-order valence-corrected chi connectivity index (χ2v) is 7.72. The minimum absolute atomic E-state index is 0.122. The predicted molar refractivity (Wildman–Crippen MR) is 119 cm³/mol. The van der Waals surface area contributed by atoms with Crippen molar-refractivity contribution in [2.75, 3.05) is 31.5 Å². The van der Waals surface area contributed by atoms with E-state index < -0.39 is 0 Å². The number of rotatable bonds is 10. The number of carbonyl (C=O) groups excluding carboxylic acids is 1. The Hall–Kier alpha value is -3.22. The molecule has 3 N–H and O–H groups in total. The summed E-state index contributed by atoms with van der Waals surface area (Å²) in [5, 5.41) is 22.2. The lowest BCUT2D eigenvalue weighted by molar-refractivity contribution is 0.0951. The van der Waals surface area contributed by atoms with Gasteiger partial charge in [0.2, 0.25) is 0 Å². The van der Waals surface area contributed by atoms with Crippen molar-refractivity contribution >= 4 is 28.9 Å². The molecule has 3 aromatic rings. The number of pyridine rings is 1. The summed E-state index contributed by atoms with van der Waals surface area (Å²) in [5.74, 6) is 1.16. The molecule has 30 heavy (non-hydrogen) atoms. The van der Waals surface area contributed by atoms with Gasteiger partial charge in [0.15, 0.2) is 0 Å². The van der Waals surface area contributed by atoms with Crippen LogP contribution in [0.25, 0.3) is 10.6 Å². The number of aromatic nitrogens is 3. The number of hydrogen-bond acceptors (Lipinski definition) is 7. The van der Waals surface area contributed by atoms with Crippen LogP contribution in [0.4, 0.5) is 11.6 Å². The van der Waals surface area contributed by atoms with Gasteiger partial charge >= 0.3 is 0 Å². The van der Waals surface area contributed by atoms with E-state index in [0.29, 0.717) is 28.6 Å². The zero-order valence-electron chi connectivity index (χ0n) is 17.1. The molecule has 9 heteroatoms. The molecule has 0 spiro atoms. The summed E-state index contributed by atoms with van der Waals surface area (Å²) in [5.41, 5.74) is 1.28. The number of anilines is 2. The molecule has 156 valence electrons. The first-order valence-corrected chi connectivity index (χ1v) is 10.7. The average molecular weight is 424 g/mol. The van der Waals surface area contributed by atoms with Gasteiger partial charge in [-0.2, -0.15) is 10.4 Å². The lowest BCUT2D eigenvalue weighted by atomic mass is 10.2. The molecule has 0 atom stereocenters. The lowest BCUT2D eigenvalue weighted by Gasteiger charge is -2.17. The van der Waals surface area contributed by atoms with E-state index in [0.717, 1.165) is 36.6 Å². The van der Waals surface area contributed by atoms with E-state index >= 15 is 0 Å². The second kappa shape index (κ2) is 10.5. The van der Waals surface area contributed by atoms with Gasteiger partial charge in [0.25, 0.3) is 5.91 Å². The van der Waals surface area contributed by atoms with Crippen molar-refractivity contribution in [3.8, 4) is 16.6 Å². The van der Waals surface area contributed by atoms with Crippen LogP contribution < -0.4 is 10.6 Å². The Morgan fingerprint density at radius 2 is 2.10 bits per heavy atom. The Labute approximate surface area is 180 Å². The first-order valence-electron chi connectivity index (χ1n) is 9.92. The predicted octanol–water partition coefficient (Wildman–Crippen LogP) is 3.61. The molecule has 0 aliphatic rings. The van der Waals surface area contributed by atoms with Crippen molar-refractivity contribution in [1.82, 2.24) is 25.4 Å². The SMILES string of the molecule is CCN(CC)CCCNC(=O)c1ccc(Nc2cc(-c3ccc(C#N)s3)n[nH]2)nc1. The van der Waals surface area contributed by atoms with Crippen molar-refractivity contribution < 1.29 is 4.79 Å². The van der Waals surface area contributed by atoms with Crippen LogP contribution >= 0.6 is 11.3 Å². The monoisotopic (exact) mass is 423 g/mol. The number of aromatic amines is 1. The minimum Gasteiger partial charge on any atom is -0.352 e. The Kier molecular flexibility index (Phi) is 7.54. The van der Waals surface area contributed by atoms with E-state index in [4.69, 9.17) is 5.26 Å². The summed E-state index contributed by atoms with van der Waals surface area (Å²) < 4.78 is 0. The third-order valence-electron chi connectivity index (χ3n) is 4.67. The summed E-state index contributed by atoms with van der Waals surface area (Å²) in [6.07, 6.45) is 2.47. The van der Waals surface area contributed by atoms with Crippen LogP contribution in [-0.4, -0.2) is 52.2 Å². The van der Waals surface area contributed by atoms with E-state index in [1.807, 2.05) is 12.1 Å². The number of carbonyl (C=O) groups is 1. The molecule has 0 aliphatic carbocycles. The quantitative estimate of drug-likeness (QED) is 0.430. The first kappa shape index (κ1) is 21.5. The Bertz CT molecular complexity index is 999. The Morgan fingerprint density at radius 3 is 2.77 bits per heavy atom. The fourth-order valence-corrected chi connectivity index (χ4v) is 3.70. The fraction of sp³-hybridized carbons (Fsp3) is 0.333. The third-order valence-corrected chi connectivity index (χ3v) is 5.68. The van der Waals surface area contributed by atoms with Crippen LogP contribution in [0.5, 0.6) is 0 Å². The number of hydrogen-bond donors (Lipinski definition) is 3. The topological polar surface area (TPSA) is 110 Å². The van der Waals surface area contributed by atoms with E-state index in [1.54, 1.807) is 24.4 Å². The molecule has 1 amide bonds. The summed E-state index contributed by atoms with van der Waals surface area (Å²) in [6, 6.07) is 11.1. The summed E-state index contributed by atoms with van der Waals surface area (Å²) in [6.45, 7) is 7.94. The molecule has 0 radical (unpaired) electrons. The Balaban J connectivity index is 1.51. The van der Waals surface area contributed by atoms with Crippen molar-refractivity contribution in [3.63, 3.8) is 0 Å². The molecule has 0 aromatic carbocycles. The number of thiophene rings is 1. The van der Waals surface area contributed by atoms with E-state index in [1.165, 1.54) is 11.3 Å². The van der Waals surface area contributed by atoms with Gasteiger partial charge in [0, 0.05) is 18.8 Å². The highest BCUT2D eigenvalue weighted by Crippen LogP contribution is 2.28. The maximum atomic E-state index is 12.3. The summed E-state index contributed by atoms with van der Waals surface area (Å²) >= 11 is 1.39. The molecule has 8 nitrogen and oxygen atoms in total. The normalized spacial score (nSPS) is 10.7. The van der Waals surface area contributed by atoms with E-state index in [2.05, 4.69) is 50.6 Å². The van der Waals surface area contributed by atoms with Gasteiger partial charge in [0.1, 0.15) is 28.3 Å².